The van der Waals surface area contributed by atoms with Gasteiger partial charge in [-0.25, -0.2) is 4.39 Å². The van der Waals surface area contributed by atoms with Gasteiger partial charge in [-0.3, -0.25) is 19.3 Å². The van der Waals surface area contributed by atoms with Crippen LogP contribution in [-0.4, -0.2) is 44.6 Å². The summed E-state index contributed by atoms with van der Waals surface area (Å²) in [6.45, 7) is 3.41. The zero-order valence-corrected chi connectivity index (χ0v) is 17.0. The molecule has 2 atom stereocenters. The van der Waals surface area contributed by atoms with E-state index in [1.807, 2.05) is 0 Å². The quantitative estimate of drug-likeness (QED) is 0.719. The normalized spacial score (nSPS) is 17.7. The predicted octanol–water partition coefficient (Wildman–Crippen LogP) is 2.84. The first-order valence-corrected chi connectivity index (χ1v) is 10.0. The van der Waals surface area contributed by atoms with Crippen molar-refractivity contribution < 1.29 is 14.0 Å². The van der Waals surface area contributed by atoms with Gasteiger partial charge in [-0.05, 0) is 37.0 Å². The van der Waals surface area contributed by atoms with E-state index in [1.54, 1.807) is 47.4 Å². The average molecular weight is 409 g/mol. The molecule has 3 heterocycles. The number of likely N-dealkylation sites (tertiary alicyclic amines) is 1. The van der Waals surface area contributed by atoms with E-state index in [4.69, 9.17) is 0 Å². The second-order valence-electron chi connectivity index (χ2n) is 7.91. The maximum absolute atomic E-state index is 14.1. The summed E-state index contributed by atoms with van der Waals surface area (Å²) in [5.41, 5.74) is 1.07. The second kappa shape index (κ2) is 8.22. The number of benzene rings is 1. The van der Waals surface area contributed by atoms with Gasteiger partial charge in [0, 0.05) is 43.5 Å². The van der Waals surface area contributed by atoms with E-state index in [0.717, 1.165) is 18.9 Å². The van der Waals surface area contributed by atoms with Crippen molar-refractivity contribution in [2.45, 2.75) is 25.8 Å². The Morgan fingerprint density at radius 1 is 1.33 bits per heavy atom. The van der Waals surface area contributed by atoms with Gasteiger partial charge in [0.2, 0.25) is 5.91 Å². The minimum Gasteiger partial charge on any atom is -0.340 e. The molecule has 2 aromatic heterocycles. The molecule has 156 valence electrons. The molecule has 0 saturated carbocycles. The van der Waals surface area contributed by atoms with Crippen molar-refractivity contribution in [2.75, 3.05) is 13.1 Å². The number of nitrogens with one attached hydrogen (secondary N) is 1. The molecule has 1 aromatic carbocycles. The van der Waals surface area contributed by atoms with Gasteiger partial charge in [-0.2, -0.15) is 5.10 Å². The van der Waals surface area contributed by atoms with Crippen molar-refractivity contribution in [1.29, 1.82) is 0 Å². The Hall–Kier alpha value is -3.29. The number of aromatic nitrogens is 3. The summed E-state index contributed by atoms with van der Waals surface area (Å²) < 4.78 is 15.7. The van der Waals surface area contributed by atoms with Crippen LogP contribution in [0.3, 0.4) is 0 Å². The highest BCUT2D eigenvalue weighted by atomic mass is 19.1. The number of rotatable bonds is 4. The fourth-order valence-electron chi connectivity index (χ4n) is 3.99. The summed E-state index contributed by atoms with van der Waals surface area (Å²) >= 11 is 0. The maximum atomic E-state index is 14.1. The van der Waals surface area contributed by atoms with Crippen LogP contribution in [0.2, 0.25) is 0 Å². The molecule has 1 aliphatic rings. The SMILES string of the molecule is CC1CCCN(C(=O)C(NC(=O)c2cc(F)cc3cccnc23)c2cnn(C)c2)C1. The largest absolute Gasteiger partial charge is 0.340 e. The molecular formula is C22H24FN5O2. The molecule has 2 amide bonds. The highest BCUT2D eigenvalue weighted by Gasteiger charge is 2.31. The summed E-state index contributed by atoms with van der Waals surface area (Å²) in [7, 11) is 1.75. The maximum Gasteiger partial charge on any atom is 0.254 e. The number of halogens is 1. The van der Waals surface area contributed by atoms with Gasteiger partial charge in [0.1, 0.15) is 11.9 Å². The molecular weight excluding hydrogens is 385 g/mol. The smallest absolute Gasteiger partial charge is 0.254 e. The van der Waals surface area contributed by atoms with E-state index >= 15 is 0 Å². The van der Waals surface area contributed by atoms with Gasteiger partial charge in [0.05, 0.1) is 17.3 Å². The average Bonchev–Trinajstić information content (AvgIpc) is 3.16. The molecule has 7 nitrogen and oxygen atoms in total. The van der Waals surface area contributed by atoms with Gasteiger partial charge in [0.15, 0.2) is 0 Å². The summed E-state index contributed by atoms with van der Waals surface area (Å²) in [6, 6.07) is 4.96. The van der Waals surface area contributed by atoms with Crippen LogP contribution in [0.5, 0.6) is 0 Å². The number of hydrogen-bond donors (Lipinski definition) is 1. The van der Waals surface area contributed by atoms with Crippen molar-refractivity contribution in [3.63, 3.8) is 0 Å². The van der Waals surface area contributed by atoms with E-state index < -0.39 is 17.8 Å². The topological polar surface area (TPSA) is 80.1 Å². The van der Waals surface area contributed by atoms with Gasteiger partial charge < -0.3 is 10.2 Å². The van der Waals surface area contributed by atoms with Crippen LogP contribution in [0.15, 0.2) is 42.9 Å². The highest BCUT2D eigenvalue weighted by molar-refractivity contribution is 6.06. The third-order valence-electron chi connectivity index (χ3n) is 5.46. The van der Waals surface area contributed by atoms with Crippen LogP contribution < -0.4 is 5.32 Å². The summed E-state index contributed by atoms with van der Waals surface area (Å²) in [5.74, 6) is -0.860. The van der Waals surface area contributed by atoms with Crippen molar-refractivity contribution in [3.05, 3.63) is 59.8 Å². The number of carbonyl (C=O) groups excluding carboxylic acids is 2. The van der Waals surface area contributed by atoms with Crippen LogP contribution >= 0.6 is 0 Å². The molecule has 0 radical (unpaired) electrons. The highest BCUT2D eigenvalue weighted by Crippen LogP contribution is 2.23. The van der Waals surface area contributed by atoms with E-state index in [-0.39, 0.29) is 11.5 Å². The van der Waals surface area contributed by atoms with E-state index in [9.17, 15) is 14.0 Å². The molecule has 0 bridgehead atoms. The number of pyridine rings is 1. The zero-order valence-electron chi connectivity index (χ0n) is 17.0. The number of amides is 2. The van der Waals surface area contributed by atoms with Crippen LogP contribution in [0, 0.1) is 11.7 Å². The van der Waals surface area contributed by atoms with Crippen LogP contribution in [0.25, 0.3) is 10.9 Å². The summed E-state index contributed by atoms with van der Waals surface area (Å²) in [5, 5.41) is 7.48. The Labute approximate surface area is 173 Å². The van der Waals surface area contributed by atoms with E-state index in [1.165, 1.54) is 6.07 Å². The number of piperidine rings is 1. The molecule has 1 N–H and O–H groups in total. The molecule has 3 aromatic rings. The molecule has 2 unspecified atom stereocenters. The first-order valence-electron chi connectivity index (χ1n) is 10.0. The molecule has 1 saturated heterocycles. The lowest BCUT2D eigenvalue weighted by Crippen LogP contribution is -2.46. The van der Waals surface area contributed by atoms with Gasteiger partial charge >= 0.3 is 0 Å². The Morgan fingerprint density at radius 3 is 2.90 bits per heavy atom. The molecule has 8 heteroatoms. The monoisotopic (exact) mass is 409 g/mol. The summed E-state index contributed by atoms with van der Waals surface area (Å²) in [4.78, 5) is 32.5. The zero-order chi connectivity index (χ0) is 21.3. The Bertz CT molecular complexity index is 1100. The lowest BCUT2D eigenvalue weighted by atomic mass is 9.98. The lowest BCUT2D eigenvalue weighted by Gasteiger charge is -2.33. The minimum absolute atomic E-state index is 0.0966. The third-order valence-corrected chi connectivity index (χ3v) is 5.46. The van der Waals surface area contributed by atoms with Gasteiger partial charge in [0.25, 0.3) is 5.91 Å². The number of carbonyl (C=O) groups is 2. The van der Waals surface area contributed by atoms with Crippen molar-refractivity contribution in [3.8, 4) is 0 Å². The van der Waals surface area contributed by atoms with Crippen LogP contribution in [0.4, 0.5) is 4.39 Å². The molecule has 30 heavy (non-hydrogen) atoms. The Morgan fingerprint density at radius 2 is 2.17 bits per heavy atom. The van der Waals surface area contributed by atoms with E-state index in [0.29, 0.717) is 35.5 Å². The van der Waals surface area contributed by atoms with Gasteiger partial charge in [-0.1, -0.05) is 13.0 Å². The number of hydrogen-bond acceptors (Lipinski definition) is 4. The second-order valence-corrected chi connectivity index (χ2v) is 7.91. The third kappa shape index (κ3) is 4.03. The van der Waals surface area contributed by atoms with Gasteiger partial charge in [-0.15, -0.1) is 0 Å². The van der Waals surface area contributed by atoms with Crippen LogP contribution in [0.1, 0.15) is 41.7 Å². The number of aryl methyl sites for hydroxylation is 1. The lowest BCUT2D eigenvalue weighted by molar-refractivity contribution is -0.135. The van der Waals surface area contributed by atoms with Crippen molar-refractivity contribution in [2.24, 2.45) is 13.0 Å². The van der Waals surface area contributed by atoms with Crippen LogP contribution in [-0.2, 0) is 11.8 Å². The number of fused-ring (bicyclic) bond motifs is 1. The molecule has 0 aliphatic carbocycles. The predicted molar refractivity (Wildman–Crippen MR) is 110 cm³/mol. The van der Waals surface area contributed by atoms with E-state index in [2.05, 4.69) is 22.3 Å². The Balaban J connectivity index is 1.67. The molecule has 4 rings (SSSR count). The first-order chi connectivity index (χ1) is 14.4. The number of nitrogens with zero attached hydrogens (tertiary/aromatic N) is 4. The molecule has 1 fully saturated rings. The first kappa shape index (κ1) is 20.0. The minimum atomic E-state index is -0.904. The van der Waals surface area contributed by atoms with Crippen molar-refractivity contribution >= 4 is 22.7 Å². The molecule has 0 spiro atoms. The Kier molecular flexibility index (Phi) is 5.48. The van der Waals surface area contributed by atoms with Crippen molar-refractivity contribution in [1.82, 2.24) is 25.0 Å². The fraction of sp³-hybridized carbons (Fsp3) is 0.364. The summed E-state index contributed by atoms with van der Waals surface area (Å²) in [6.07, 6.45) is 6.83. The standard InChI is InChI=1S/C22H24FN5O2/c1-14-5-4-8-28(12-14)22(30)20(16-11-25-27(2)13-16)26-21(29)18-10-17(23)9-15-6-3-7-24-19(15)18/h3,6-7,9-11,13-14,20H,4-5,8,12H2,1-2H3,(H,26,29). The fourth-order valence-corrected chi connectivity index (χ4v) is 3.99. The molecule has 1 aliphatic heterocycles.